The molecule has 0 aliphatic carbocycles. The lowest BCUT2D eigenvalue weighted by Gasteiger charge is -2.16. The molecule has 128 valence electrons. The van der Waals surface area contributed by atoms with Crippen LogP contribution in [0.2, 0.25) is 0 Å². The van der Waals surface area contributed by atoms with E-state index in [-0.39, 0.29) is 11.8 Å². The Morgan fingerprint density at radius 1 is 1.04 bits per heavy atom. The Labute approximate surface area is 138 Å². The number of aryl methyl sites for hydroxylation is 1. The molecule has 0 spiro atoms. The van der Waals surface area contributed by atoms with Crippen LogP contribution in [0, 0.1) is 11.8 Å². The monoisotopic (exact) mass is 320 g/mol. The molecule has 0 fully saturated rings. The summed E-state index contributed by atoms with van der Waals surface area (Å²) in [5.74, 6) is -1.58. The van der Waals surface area contributed by atoms with Gasteiger partial charge in [0.1, 0.15) is 5.92 Å². The summed E-state index contributed by atoms with van der Waals surface area (Å²) >= 11 is 0. The molecular weight excluding hydrogens is 292 g/mol. The number of carbonyl (C=O) groups is 2. The summed E-state index contributed by atoms with van der Waals surface area (Å²) in [5, 5.41) is 11.5. The van der Waals surface area contributed by atoms with Crippen LogP contribution in [0.25, 0.3) is 0 Å². The minimum absolute atomic E-state index is 0.203. The Kier molecular flexibility index (Phi) is 8.98. The number of amides is 2. The van der Waals surface area contributed by atoms with Crippen molar-refractivity contribution in [2.75, 3.05) is 6.54 Å². The van der Waals surface area contributed by atoms with Crippen LogP contribution in [0.15, 0.2) is 30.3 Å². The van der Waals surface area contributed by atoms with Gasteiger partial charge in [0.15, 0.2) is 0 Å². The zero-order chi connectivity index (χ0) is 17.1. The van der Waals surface area contributed by atoms with Crippen LogP contribution in [0.1, 0.15) is 45.1 Å². The summed E-state index contributed by atoms with van der Waals surface area (Å²) in [5.41, 5.74) is 2.91. The molecule has 1 aromatic carbocycles. The summed E-state index contributed by atoms with van der Waals surface area (Å²) in [6.45, 7) is 4.43. The Balaban J connectivity index is 2.22. The van der Waals surface area contributed by atoms with Crippen molar-refractivity contribution in [2.24, 2.45) is 11.8 Å². The van der Waals surface area contributed by atoms with E-state index in [1.54, 1.807) is 5.48 Å². The smallest absolute Gasteiger partial charge is 0.255 e. The number of hydrogen-bond acceptors (Lipinski definition) is 3. The zero-order valence-electron chi connectivity index (χ0n) is 14.0. The molecule has 23 heavy (non-hydrogen) atoms. The van der Waals surface area contributed by atoms with Gasteiger partial charge in [-0.1, -0.05) is 50.6 Å². The molecule has 0 bridgehead atoms. The Morgan fingerprint density at radius 2 is 1.74 bits per heavy atom. The number of unbranched alkanes of at least 4 members (excludes halogenated alkanes) is 2. The van der Waals surface area contributed by atoms with Gasteiger partial charge in [-0.15, -0.1) is 0 Å². The normalized spacial score (nSPS) is 12.0. The van der Waals surface area contributed by atoms with Crippen LogP contribution in [0.4, 0.5) is 0 Å². The van der Waals surface area contributed by atoms with E-state index in [1.807, 2.05) is 32.0 Å². The van der Waals surface area contributed by atoms with Crippen LogP contribution in [0.5, 0.6) is 0 Å². The number of benzene rings is 1. The van der Waals surface area contributed by atoms with E-state index in [2.05, 4.69) is 17.4 Å². The summed E-state index contributed by atoms with van der Waals surface area (Å²) in [7, 11) is 0. The predicted molar refractivity (Wildman–Crippen MR) is 89.9 cm³/mol. The standard InChI is InChI=1S/C18H28N2O3/c1-14(2)13-16(18(22)20-23)17(21)19-12-8-4-7-11-15-9-5-3-6-10-15/h3,5-6,9-10,14,16,23H,4,7-8,11-13H2,1-2H3,(H,19,21)(H,20,22). The minimum atomic E-state index is -0.829. The van der Waals surface area contributed by atoms with Crippen LogP contribution >= 0.6 is 0 Å². The van der Waals surface area contributed by atoms with Crippen molar-refractivity contribution in [2.45, 2.75) is 46.0 Å². The van der Waals surface area contributed by atoms with Gasteiger partial charge in [-0.3, -0.25) is 14.8 Å². The van der Waals surface area contributed by atoms with Gasteiger partial charge in [0, 0.05) is 6.54 Å². The first-order valence-electron chi connectivity index (χ1n) is 8.30. The van der Waals surface area contributed by atoms with Crippen LogP contribution in [-0.2, 0) is 16.0 Å². The topological polar surface area (TPSA) is 78.4 Å². The summed E-state index contributed by atoms with van der Waals surface area (Å²) in [4.78, 5) is 23.6. The maximum atomic E-state index is 12.1. The zero-order valence-corrected chi connectivity index (χ0v) is 14.0. The number of hydrogen-bond donors (Lipinski definition) is 3. The fourth-order valence-corrected chi connectivity index (χ4v) is 2.49. The van der Waals surface area contributed by atoms with Crippen molar-refractivity contribution in [3.05, 3.63) is 35.9 Å². The molecule has 0 saturated carbocycles. The number of rotatable bonds is 10. The van der Waals surface area contributed by atoms with E-state index in [0.29, 0.717) is 13.0 Å². The first-order chi connectivity index (χ1) is 11.0. The summed E-state index contributed by atoms with van der Waals surface area (Å²) in [6, 6.07) is 10.3. The maximum absolute atomic E-state index is 12.1. The van der Waals surface area contributed by atoms with Gasteiger partial charge in [0.2, 0.25) is 5.91 Å². The highest BCUT2D eigenvalue weighted by Gasteiger charge is 2.26. The average Bonchev–Trinajstić information content (AvgIpc) is 2.55. The fourth-order valence-electron chi connectivity index (χ4n) is 2.49. The molecule has 5 nitrogen and oxygen atoms in total. The highest BCUT2D eigenvalue weighted by Crippen LogP contribution is 2.12. The van der Waals surface area contributed by atoms with Crippen LogP contribution < -0.4 is 10.8 Å². The van der Waals surface area contributed by atoms with E-state index >= 15 is 0 Å². The molecule has 2 amide bonds. The Morgan fingerprint density at radius 3 is 2.35 bits per heavy atom. The molecule has 0 saturated heterocycles. The second-order valence-electron chi connectivity index (χ2n) is 6.25. The molecule has 0 heterocycles. The van der Waals surface area contributed by atoms with Gasteiger partial charge in [0.25, 0.3) is 5.91 Å². The number of hydroxylamine groups is 1. The lowest BCUT2D eigenvalue weighted by molar-refractivity contribution is -0.141. The molecule has 0 aliphatic heterocycles. The second-order valence-corrected chi connectivity index (χ2v) is 6.25. The molecule has 0 aliphatic rings. The van der Waals surface area contributed by atoms with Crippen molar-refractivity contribution >= 4 is 11.8 Å². The highest BCUT2D eigenvalue weighted by atomic mass is 16.5. The summed E-state index contributed by atoms with van der Waals surface area (Å²) in [6.07, 6.45) is 4.44. The Hall–Kier alpha value is -1.88. The number of nitrogens with one attached hydrogen (secondary N) is 2. The molecule has 0 aromatic heterocycles. The highest BCUT2D eigenvalue weighted by molar-refractivity contribution is 5.99. The van der Waals surface area contributed by atoms with Crippen molar-refractivity contribution in [1.29, 1.82) is 0 Å². The van der Waals surface area contributed by atoms with Crippen molar-refractivity contribution in [3.63, 3.8) is 0 Å². The molecule has 1 rings (SSSR count). The molecule has 3 N–H and O–H groups in total. The quantitative estimate of drug-likeness (QED) is 0.268. The van der Waals surface area contributed by atoms with Gasteiger partial charge >= 0.3 is 0 Å². The lowest BCUT2D eigenvalue weighted by atomic mass is 9.95. The lowest BCUT2D eigenvalue weighted by Crippen LogP contribution is -2.41. The van der Waals surface area contributed by atoms with Crippen LogP contribution in [0.3, 0.4) is 0 Å². The van der Waals surface area contributed by atoms with Crippen molar-refractivity contribution in [3.8, 4) is 0 Å². The van der Waals surface area contributed by atoms with Gasteiger partial charge in [-0.2, -0.15) is 0 Å². The van der Waals surface area contributed by atoms with E-state index < -0.39 is 11.8 Å². The average molecular weight is 320 g/mol. The third-order valence-corrected chi connectivity index (χ3v) is 3.73. The second kappa shape index (κ2) is 10.8. The SMILES string of the molecule is CC(C)CC(C(=O)NO)C(=O)NCCCCCc1ccccc1. The molecule has 0 radical (unpaired) electrons. The minimum Gasteiger partial charge on any atom is -0.355 e. The van der Waals surface area contributed by atoms with Gasteiger partial charge in [-0.25, -0.2) is 5.48 Å². The van der Waals surface area contributed by atoms with Gasteiger partial charge in [-0.05, 0) is 37.2 Å². The fraction of sp³-hybridized carbons (Fsp3) is 0.556. The molecule has 1 aromatic rings. The first-order valence-corrected chi connectivity index (χ1v) is 8.30. The van der Waals surface area contributed by atoms with E-state index in [4.69, 9.17) is 5.21 Å². The van der Waals surface area contributed by atoms with Crippen molar-refractivity contribution in [1.82, 2.24) is 10.8 Å². The maximum Gasteiger partial charge on any atom is 0.255 e. The van der Waals surface area contributed by atoms with Gasteiger partial charge < -0.3 is 5.32 Å². The van der Waals surface area contributed by atoms with Crippen molar-refractivity contribution < 1.29 is 14.8 Å². The van der Waals surface area contributed by atoms with E-state index in [1.165, 1.54) is 5.56 Å². The van der Waals surface area contributed by atoms with E-state index in [9.17, 15) is 9.59 Å². The number of carbonyl (C=O) groups excluding carboxylic acids is 2. The van der Waals surface area contributed by atoms with Crippen LogP contribution in [-0.4, -0.2) is 23.6 Å². The predicted octanol–water partition coefficient (Wildman–Crippen LogP) is 2.68. The first kappa shape index (κ1) is 19.2. The molecular formula is C18H28N2O3. The molecule has 5 heteroatoms. The van der Waals surface area contributed by atoms with Gasteiger partial charge in [0.05, 0.1) is 0 Å². The third-order valence-electron chi connectivity index (χ3n) is 3.73. The Bertz CT molecular complexity index is 474. The summed E-state index contributed by atoms with van der Waals surface area (Å²) < 4.78 is 0. The largest absolute Gasteiger partial charge is 0.355 e. The molecule has 1 atom stereocenters. The van der Waals surface area contributed by atoms with E-state index in [0.717, 1.165) is 25.7 Å². The third kappa shape index (κ3) is 7.79. The molecule has 1 unspecified atom stereocenters.